The second-order valence-electron chi connectivity index (χ2n) is 5.15. The first kappa shape index (κ1) is 16.2. The lowest BCUT2D eigenvalue weighted by atomic mass is 9.95. The molecule has 0 bridgehead atoms. The van der Waals surface area contributed by atoms with Gasteiger partial charge in [-0.15, -0.1) is 0 Å². The summed E-state index contributed by atoms with van der Waals surface area (Å²) in [4.78, 5) is 24.2. The smallest absolute Gasteiger partial charge is 0.334 e. The zero-order valence-electron chi connectivity index (χ0n) is 12.2. The first-order valence-electron chi connectivity index (χ1n) is 6.54. The van der Waals surface area contributed by atoms with E-state index in [0.717, 1.165) is 0 Å². The first-order chi connectivity index (χ1) is 9.27. The number of esters is 1. The molecule has 5 nitrogen and oxygen atoms in total. The van der Waals surface area contributed by atoms with E-state index in [1.54, 1.807) is 44.2 Å². The van der Waals surface area contributed by atoms with Gasteiger partial charge in [-0.3, -0.25) is 4.79 Å². The van der Waals surface area contributed by atoms with Crippen LogP contribution in [0.25, 0.3) is 0 Å². The number of hydrogen-bond acceptors (Lipinski definition) is 4. The van der Waals surface area contributed by atoms with Crippen LogP contribution in [-0.4, -0.2) is 34.7 Å². The number of aliphatic hydroxyl groups is 1. The summed E-state index contributed by atoms with van der Waals surface area (Å²) in [6.45, 7) is 6.30. The molecule has 1 aromatic rings. The number of nitrogens with one attached hydrogen (secondary N) is 1. The van der Waals surface area contributed by atoms with E-state index >= 15 is 0 Å². The molecular weight excluding hydrogens is 258 g/mol. The van der Waals surface area contributed by atoms with Gasteiger partial charge in [-0.1, -0.05) is 18.2 Å². The zero-order valence-corrected chi connectivity index (χ0v) is 12.2. The second kappa shape index (κ2) is 6.52. The number of carbonyl (C=O) groups is 2. The molecule has 0 heterocycles. The van der Waals surface area contributed by atoms with Gasteiger partial charge in [0.25, 0.3) is 5.91 Å². The molecule has 0 saturated carbocycles. The van der Waals surface area contributed by atoms with Crippen molar-refractivity contribution < 1.29 is 19.4 Å². The molecule has 2 N–H and O–H groups in total. The number of aliphatic hydroxyl groups excluding tert-OH is 1. The van der Waals surface area contributed by atoms with Gasteiger partial charge >= 0.3 is 5.97 Å². The van der Waals surface area contributed by atoms with Crippen LogP contribution >= 0.6 is 0 Å². The van der Waals surface area contributed by atoms with E-state index in [4.69, 9.17) is 4.74 Å². The van der Waals surface area contributed by atoms with Crippen LogP contribution in [0.1, 0.15) is 38.1 Å². The molecule has 0 radical (unpaired) electrons. The third kappa shape index (κ3) is 3.81. The highest BCUT2D eigenvalue weighted by Crippen LogP contribution is 2.15. The lowest BCUT2D eigenvalue weighted by Crippen LogP contribution is -2.60. The number of hydrogen-bond donors (Lipinski definition) is 2. The van der Waals surface area contributed by atoms with E-state index in [1.807, 2.05) is 0 Å². The lowest BCUT2D eigenvalue weighted by Gasteiger charge is -2.32. The van der Waals surface area contributed by atoms with E-state index in [2.05, 4.69) is 5.32 Å². The van der Waals surface area contributed by atoms with Crippen molar-refractivity contribution in [1.82, 2.24) is 5.32 Å². The van der Waals surface area contributed by atoms with Crippen molar-refractivity contribution in [2.24, 2.45) is 0 Å². The van der Waals surface area contributed by atoms with Crippen LogP contribution < -0.4 is 5.32 Å². The van der Waals surface area contributed by atoms with Crippen LogP contribution in [-0.2, 0) is 9.53 Å². The van der Waals surface area contributed by atoms with Crippen molar-refractivity contribution >= 4 is 11.9 Å². The summed E-state index contributed by atoms with van der Waals surface area (Å²) in [6, 6.07) is 8.50. The average Bonchev–Trinajstić information content (AvgIpc) is 2.38. The Morgan fingerprint density at radius 3 is 2.20 bits per heavy atom. The number of amides is 1. The minimum Gasteiger partial charge on any atom is -0.461 e. The Morgan fingerprint density at radius 2 is 1.75 bits per heavy atom. The van der Waals surface area contributed by atoms with E-state index in [-0.39, 0.29) is 6.10 Å². The number of benzene rings is 1. The molecule has 0 aliphatic rings. The van der Waals surface area contributed by atoms with Gasteiger partial charge in [0, 0.05) is 5.56 Å². The summed E-state index contributed by atoms with van der Waals surface area (Å²) >= 11 is 0. The maximum Gasteiger partial charge on any atom is 0.334 e. The molecule has 0 aromatic heterocycles. The summed E-state index contributed by atoms with van der Waals surface area (Å²) in [6.07, 6.45) is -1.41. The first-order valence-corrected chi connectivity index (χ1v) is 6.54. The van der Waals surface area contributed by atoms with Gasteiger partial charge in [0.1, 0.15) is 0 Å². The summed E-state index contributed by atoms with van der Waals surface area (Å²) < 4.78 is 5.10. The fourth-order valence-corrected chi connectivity index (χ4v) is 1.56. The Bertz CT molecular complexity index is 470. The molecule has 1 aromatic carbocycles. The normalized spacial score (nSPS) is 15.3. The third-order valence-corrected chi connectivity index (χ3v) is 3.01. The third-order valence-electron chi connectivity index (χ3n) is 3.01. The second-order valence-corrected chi connectivity index (χ2v) is 5.15. The number of ether oxygens (including phenoxy) is 1. The molecule has 0 fully saturated rings. The molecule has 1 rings (SSSR count). The van der Waals surface area contributed by atoms with Crippen molar-refractivity contribution in [3.63, 3.8) is 0 Å². The van der Waals surface area contributed by atoms with Crippen LogP contribution in [0.4, 0.5) is 0 Å². The van der Waals surface area contributed by atoms with Crippen molar-refractivity contribution in [1.29, 1.82) is 0 Å². The van der Waals surface area contributed by atoms with Crippen LogP contribution in [0.15, 0.2) is 30.3 Å². The predicted octanol–water partition coefficient (Wildman–Crippen LogP) is 1.51. The summed E-state index contributed by atoms with van der Waals surface area (Å²) in [5.41, 5.74) is -1.08. The van der Waals surface area contributed by atoms with E-state index in [9.17, 15) is 14.7 Å². The highest BCUT2D eigenvalue weighted by atomic mass is 16.5. The van der Waals surface area contributed by atoms with Gasteiger partial charge in [0.05, 0.1) is 12.2 Å². The van der Waals surface area contributed by atoms with Gasteiger partial charge < -0.3 is 15.2 Å². The van der Waals surface area contributed by atoms with Crippen molar-refractivity contribution in [2.75, 3.05) is 0 Å². The average molecular weight is 279 g/mol. The zero-order chi connectivity index (χ0) is 15.3. The van der Waals surface area contributed by atoms with Gasteiger partial charge in [0.15, 0.2) is 5.54 Å². The Hall–Kier alpha value is -1.88. The molecule has 5 heteroatoms. The van der Waals surface area contributed by atoms with Gasteiger partial charge in [-0.05, 0) is 39.8 Å². The topological polar surface area (TPSA) is 75.6 Å². The van der Waals surface area contributed by atoms with E-state index in [0.29, 0.717) is 5.56 Å². The molecule has 20 heavy (non-hydrogen) atoms. The van der Waals surface area contributed by atoms with Crippen LogP contribution in [0.3, 0.4) is 0 Å². The fraction of sp³-hybridized carbons (Fsp3) is 0.467. The van der Waals surface area contributed by atoms with Crippen molar-refractivity contribution in [3.8, 4) is 0 Å². The minimum atomic E-state index is -1.49. The molecular formula is C15H21NO4. The largest absolute Gasteiger partial charge is 0.461 e. The van der Waals surface area contributed by atoms with E-state index in [1.165, 1.54) is 13.8 Å². The molecule has 0 aliphatic carbocycles. The fourth-order valence-electron chi connectivity index (χ4n) is 1.56. The molecule has 1 amide bonds. The molecule has 0 spiro atoms. The van der Waals surface area contributed by atoms with Gasteiger partial charge in [-0.2, -0.15) is 0 Å². The van der Waals surface area contributed by atoms with Crippen molar-refractivity contribution in [2.45, 2.75) is 45.4 Å². The molecule has 0 aliphatic heterocycles. The van der Waals surface area contributed by atoms with Gasteiger partial charge in [-0.25, -0.2) is 4.79 Å². The monoisotopic (exact) mass is 279 g/mol. The summed E-state index contributed by atoms with van der Waals surface area (Å²) in [5, 5.41) is 12.4. The minimum absolute atomic E-state index is 0.325. The Morgan fingerprint density at radius 1 is 1.20 bits per heavy atom. The lowest BCUT2D eigenvalue weighted by molar-refractivity contribution is -0.158. The Balaban J connectivity index is 2.92. The molecule has 110 valence electrons. The maximum absolute atomic E-state index is 12.1. The number of carbonyl (C=O) groups excluding carboxylic acids is 2. The highest BCUT2D eigenvalue weighted by Gasteiger charge is 2.42. The molecule has 0 saturated heterocycles. The SMILES string of the molecule is CC(C)OC(=O)C(C)(NC(=O)c1ccccc1)C(C)O. The van der Waals surface area contributed by atoms with Crippen LogP contribution in [0.5, 0.6) is 0 Å². The number of rotatable bonds is 5. The highest BCUT2D eigenvalue weighted by molar-refractivity contribution is 5.98. The summed E-state index contributed by atoms with van der Waals surface area (Å²) in [5.74, 6) is -1.10. The Kier molecular flexibility index (Phi) is 5.27. The quantitative estimate of drug-likeness (QED) is 0.801. The Labute approximate surface area is 118 Å². The van der Waals surface area contributed by atoms with E-state index < -0.39 is 23.5 Å². The summed E-state index contributed by atoms with van der Waals surface area (Å²) in [7, 11) is 0. The molecule has 2 unspecified atom stereocenters. The maximum atomic E-state index is 12.1. The van der Waals surface area contributed by atoms with Crippen molar-refractivity contribution in [3.05, 3.63) is 35.9 Å². The predicted molar refractivity (Wildman–Crippen MR) is 75.2 cm³/mol. The standard InChI is InChI=1S/C15H21NO4/c1-10(2)20-14(19)15(4,11(3)17)16-13(18)12-8-6-5-7-9-12/h5-11,17H,1-4H3,(H,16,18). The molecule has 2 atom stereocenters. The van der Waals surface area contributed by atoms with Gasteiger partial charge in [0.2, 0.25) is 0 Å². The van der Waals surface area contributed by atoms with Crippen LogP contribution in [0, 0.1) is 0 Å². The van der Waals surface area contributed by atoms with Crippen LogP contribution in [0.2, 0.25) is 0 Å².